The number of hydrogen-bond donors (Lipinski definition) is 2. The Kier molecular flexibility index (Phi) is 1.86. The lowest BCUT2D eigenvalue weighted by Crippen LogP contribution is -2.77. The van der Waals surface area contributed by atoms with Crippen LogP contribution in [0.25, 0.3) is 0 Å². The van der Waals surface area contributed by atoms with Crippen LogP contribution < -0.4 is 16.0 Å². The van der Waals surface area contributed by atoms with Crippen molar-refractivity contribution in [3.63, 3.8) is 0 Å². The molecule has 0 radical (unpaired) electrons. The Morgan fingerprint density at radius 1 is 1.38 bits per heavy atom. The molecule has 16 heavy (non-hydrogen) atoms. The zero-order valence-electron chi connectivity index (χ0n) is 9.22. The van der Waals surface area contributed by atoms with Gasteiger partial charge in [0.05, 0.1) is 7.11 Å². The molecule has 4 rings (SSSR count). The molecule has 0 unspecified atom stereocenters. The lowest BCUT2D eigenvalue weighted by Gasteiger charge is -2.70. The standard InChI is InChI=1S/C12H15FN2O/c1-16-10-3-2-8(4-9(10)13)11-5-12(6-11,7-11)15-14/h2-4,15H,5-7,14H2,1H3. The number of rotatable bonds is 3. The summed E-state index contributed by atoms with van der Waals surface area (Å²) in [5.74, 6) is 5.50. The van der Waals surface area contributed by atoms with Crippen LogP contribution in [0.15, 0.2) is 18.2 Å². The number of methoxy groups -OCH3 is 1. The Hall–Kier alpha value is -1.13. The van der Waals surface area contributed by atoms with Gasteiger partial charge in [-0.25, -0.2) is 4.39 Å². The van der Waals surface area contributed by atoms with Gasteiger partial charge < -0.3 is 4.74 Å². The van der Waals surface area contributed by atoms with Gasteiger partial charge in [0.15, 0.2) is 11.6 Å². The van der Waals surface area contributed by atoms with Crippen LogP contribution in [0.2, 0.25) is 0 Å². The average molecular weight is 222 g/mol. The molecule has 0 aliphatic heterocycles. The summed E-state index contributed by atoms with van der Waals surface area (Å²) in [5.41, 5.74) is 4.23. The third-order valence-electron chi connectivity index (χ3n) is 4.10. The Morgan fingerprint density at radius 3 is 2.56 bits per heavy atom. The highest BCUT2D eigenvalue weighted by atomic mass is 19.1. The summed E-state index contributed by atoms with van der Waals surface area (Å²) in [7, 11) is 1.48. The SMILES string of the molecule is COc1ccc(C23CC(NN)(C2)C3)cc1F. The first-order valence-electron chi connectivity index (χ1n) is 5.45. The van der Waals surface area contributed by atoms with E-state index < -0.39 is 0 Å². The van der Waals surface area contributed by atoms with Crippen molar-refractivity contribution in [3.05, 3.63) is 29.6 Å². The maximum atomic E-state index is 13.6. The summed E-state index contributed by atoms with van der Waals surface area (Å²) in [6.45, 7) is 0. The quantitative estimate of drug-likeness (QED) is 0.601. The molecule has 4 heteroatoms. The van der Waals surface area contributed by atoms with Gasteiger partial charge in [-0.15, -0.1) is 0 Å². The predicted molar refractivity (Wildman–Crippen MR) is 58.5 cm³/mol. The van der Waals surface area contributed by atoms with Crippen LogP contribution in [0.1, 0.15) is 24.8 Å². The molecule has 3 N–H and O–H groups in total. The van der Waals surface area contributed by atoms with Crippen LogP contribution in [0, 0.1) is 5.82 Å². The first-order chi connectivity index (χ1) is 7.63. The van der Waals surface area contributed by atoms with E-state index in [-0.39, 0.29) is 16.8 Å². The van der Waals surface area contributed by atoms with Gasteiger partial charge in [0.2, 0.25) is 0 Å². The summed E-state index contributed by atoms with van der Waals surface area (Å²) in [4.78, 5) is 0. The highest BCUT2D eigenvalue weighted by molar-refractivity contribution is 5.44. The van der Waals surface area contributed by atoms with E-state index in [2.05, 4.69) is 5.43 Å². The Labute approximate surface area is 93.7 Å². The summed E-state index contributed by atoms with van der Waals surface area (Å²) >= 11 is 0. The van der Waals surface area contributed by atoms with Crippen LogP contribution in [0.5, 0.6) is 5.75 Å². The number of nitrogens with one attached hydrogen (secondary N) is 1. The summed E-state index contributed by atoms with van der Waals surface area (Å²) < 4.78 is 18.5. The van der Waals surface area contributed by atoms with E-state index in [0.717, 1.165) is 24.8 Å². The molecule has 0 amide bonds. The van der Waals surface area contributed by atoms with E-state index in [4.69, 9.17) is 10.6 Å². The van der Waals surface area contributed by atoms with Crippen molar-refractivity contribution in [1.82, 2.24) is 5.43 Å². The summed E-state index contributed by atoms with van der Waals surface area (Å²) in [6.07, 6.45) is 3.05. The highest BCUT2D eigenvalue weighted by Gasteiger charge is 2.68. The molecule has 0 saturated heterocycles. The molecule has 1 aromatic carbocycles. The molecule has 0 aromatic heterocycles. The molecule has 3 fully saturated rings. The fraction of sp³-hybridized carbons (Fsp3) is 0.500. The minimum atomic E-state index is -0.278. The Balaban J connectivity index is 1.85. The van der Waals surface area contributed by atoms with Crippen molar-refractivity contribution in [2.24, 2.45) is 5.84 Å². The number of hydrogen-bond acceptors (Lipinski definition) is 3. The van der Waals surface area contributed by atoms with Gasteiger partial charge in [-0.3, -0.25) is 11.3 Å². The monoisotopic (exact) mass is 222 g/mol. The largest absolute Gasteiger partial charge is 0.494 e. The van der Waals surface area contributed by atoms with E-state index >= 15 is 0 Å². The van der Waals surface area contributed by atoms with Crippen molar-refractivity contribution < 1.29 is 9.13 Å². The van der Waals surface area contributed by atoms with Crippen molar-refractivity contribution in [3.8, 4) is 5.75 Å². The lowest BCUT2D eigenvalue weighted by atomic mass is 9.38. The lowest BCUT2D eigenvalue weighted by molar-refractivity contribution is -0.0884. The van der Waals surface area contributed by atoms with Gasteiger partial charge in [-0.05, 0) is 37.0 Å². The molecule has 0 spiro atoms. The van der Waals surface area contributed by atoms with Gasteiger partial charge in [-0.1, -0.05) is 6.07 Å². The average Bonchev–Trinajstić information content (AvgIpc) is 2.15. The Morgan fingerprint density at radius 2 is 2.06 bits per heavy atom. The minimum absolute atomic E-state index is 0.135. The topological polar surface area (TPSA) is 47.3 Å². The molecule has 3 aliphatic rings. The second kappa shape index (κ2) is 2.96. The van der Waals surface area contributed by atoms with E-state index in [0.29, 0.717) is 5.75 Å². The van der Waals surface area contributed by atoms with Gasteiger partial charge in [0.1, 0.15) is 0 Å². The van der Waals surface area contributed by atoms with E-state index in [1.165, 1.54) is 7.11 Å². The van der Waals surface area contributed by atoms with Crippen LogP contribution in [0.3, 0.4) is 0 Å². The van der Waals surface area contributed by atoms with Crippen molar-refractivity contribution >= 4 is 0 Å². The molecule has 2 bridgehead atoms. The molecular weight excluding hydrogens is 207 g/mol. The number of benzene rings is 1. The molecular formula is C12H15FN2O. The normalized spacial score (nSPS) is 35.2. The number of halogens is 1. The van der Waals surface area contributed by atoms with Crippen LogP contribution in [0.4, 0.5) is 4.39 Å². The second-order valence-corrected chi connectivity index (χ2v) is 5.08. The molecule has 0 heterocycles. The van der Waals surface area contributed by atoms with Crippen LogP contribution in [-0.4, -0.2) is 12.6 Å². The maximum absolute atomic E-state index is 13.6. The van der Waals surface area contributed by atoms with Crippen LogP contribution in [-0.2, 0) is 5.41 Å². The first-order valence-corrected chi connectivity index (χ1v) is 5.45. The molecule has 0 atom stereocenters. The molecule has 3 saturated carbocycles. The van der Waals surface area contributed by atoms with Gasteiger partial charge >= 0.3 is 0 Å². The zero-order chi connectivity index (χ0) is 11.4. The summed E-state index contributed by atoms with van der Waals surface area (Å²) in [5, 5.41) is 0. The van der Waals surface area contributed by atoms with Crippen molar-refractivity contribution in [2.75, 3.05) is 7.11 Å². The summed E-state index contributed by atoms with van der Waals surface area (Å²) in [6, 6.07) is 5.26. The van der Waals surface area contributed by atoms with Gasteiger partial charge in [0, 0.05) is 11.0 Å². The second-order valence-electron chi connectivity index (χ2n) is 5.08. The van der Waals surface area contributed by atoms with E-state index in [1.54, 1.807) is 12.1 Å². The molecule has 3 nitrogen and oxygen atoms in total. The molecule has 3 aliphatic carbocycles. The third kappa shape index (κ3) is 1.09. The van der Waals surface area contributed by atoms with E-state index in [1.807, 2.05) is 6.07 Å². The Bertz CT molecular complexity index is 427. The minimum Gasteiger partial charge on any atom is -0.494 e. The highest BCUT2D eigenvalue weighted by Crippen LogP contribution is 2.67. The fourth-order valence-electron chi connectivity index (χ4n) is 3.24. The number of hydrazine groups is 1. The molecule has 86 valence electrons. The van der Waals surface area contributed by atoms with Gasteiger partial charge in [-0.2, -0.15) is 0 Å². The van der Waals surface area contributed by atoms with E-state index in [9.17, 15) is 4.39 Å². The maximum Gasteiger partial charge on any atom is 0.165 e. The fourth-order valence-corrected chi connectivity index (χ4v) is 3.24. The third-order valence-corrected chi connectivity index (χ3v) is 4.10. The van der Waals surface area contributed by atoms with Crippen LogP contribution >= 0.6 is 0 Å². The van der Waals surface area contributed by atoms with Crippen molar-refractivity contribution in [1.29, 1.82) is 0 Å². The smallest absolute Gasteiger partial charge is 0.165 e. The first kappa shape index (κ1) is 10.1. The molecule has 1 aromatic rings. The number of ether oxygens (including phenoxy) is 1. The predicted octanol–water partition coefficient (Wildman–Crippen LogP) is 1.47. The van der Waals surface area contributed by atoms with Crippen molar-refractivity contribution in [2.45, 2.75) is 30.2 Å². The zero-order valence-corrected chi connectivity index (χ0v) is 9.22. The number of nitrogens with two attached hydrogens (primary N) is 1. The van der Waals surface area contributed by atoms with Gasteiger partial charge in [0.25, 0.3) is 0 Å².